The van der Waals surface area contributed by atoms with Gasteiger partial charge in [-0.15, -0.1) is 0 Å². The smallest absolute Gasteiger partial charge is 0.291 e. The topological polar surface area (TPSA) is 49.8 Å². The van der Waals surface area contributed by atoms with E-state index in [2.05, 4.69) is 32.3 Å². The van der Waals surface area contributed by atoms with Gasteiger partial charge >= 0.3 is 0 Å². The number of hydrogen-bond donors (Lipinski definition) is 1. The van der Waals surface area contributed by atoms with Gasteiger partial charge in [-0.25, -0.2) is 9.98 Å². The molecule has 124 valence electrons. The van der Waals surface area contributed by atoms with Crippen molar-refractivity contribution in [1.29, 1.82) is 0 Å². The van der Waals surface area contributed by atoms with E-state index in [0.717, 1.165) is 23.1 Å². The summed E-state index contributed by atoms with van der Waals surface area (Å²) in [4.78, 5) is 12.8. The van der Waals surface area contributed by atoms with Crippen LogP contribution in [-0.2, 0) is 4.74 Å². The summed E-state index contributed by atoms with van der Waals surface area (Å²) in [6.07, 6.45) is 4.37. The summed E-state index contributed by atoms with van der Waals surface area (Å²) in [6, 6.07) is 11.0. The van der Waals surface area contributed by atoms with Crippen LogP contribution in [0.5, 0.6) is 0 Å². The second-order valence-corrected chi connectivity index (χ2v) is 7.89. The molecular formula is C18H20N4OS. The minimum absolute atomic E-state index is 0.0989. The van der Waals surface area contributed by atoms with E-state index in [9.17, 15) is 0 Å². The van der Waals surface area contributed by atoms with Crippen molar-refractivity contribution in [2.24, 2.45) is 10.9 Å². The molecule has 0 radical (unpaired) electrons. The first-order valence-electron chi connectivity index (χ1n) is 8.55. The zero-order chi connectivity index (χ0) is 16.0. The highest BCUT2D eigenvalue weighted by Crippen LogP contribution is 2.41. The largest absolute Gasteiger partial charge is 0.455 e. The highest BCUT2D eigenvalue weighted by molar-refractivity contribution is 7.19. The molecule has 0 aliphatic carbocycles. The zero-order valence-corrected chi connectivity index (χ0v) is 14.3. The lowest BCUT2D eigenvalue weighted by Gasteiger charge is -2.50. The number of nitrogens with one attached hydrogen (secondary N) is 1. The van der Waals surface area contributed by atoms with Crippen molar-refractivity contribution in [2.75, 3.05) is 31.5 Å². The molecule has 3 saturated heterocycles. The molecule has 1 spiro atoms. The molecule has 5 nitrogen and oxygen atoms in total. The lowest BCUT2D eigenvalue weighted by molar-refractivity contribution is -0.0829. The maximum absolute atomic E-state index is 6.31. The van der Waals surface area contributed by atoms with Gasteiger partial charge in [-0.2, -0.15) is 0 Å². The van der Waals surface area contributed by atoms with E-state index in [1.807, 2.05) is 24.4 Å². The number of rotatable bonds is 2. The maximum Gasteiger partial charge on any atom is 0.291 e. The SMILES string of the molecule is c1ccc(-c2cnc(NC3=NC[C@@]4(CN5CCC4CC5)O3)s2)cc1. The van der Waals surface area contributed by atoms with Gasteiger partial charge in [0.1, 0.15) is 5.60 Å². The average Bonchev–Trinajstić information content (AvgIpc) is 3.25. The number of piperidine rings is 3. The number of anilines is 1. The summed E-state index contributed by atoms with van der Waals surface area (Å²) in [5.41, 5.74) is 1.09. The van der Waals surface area contributed by atoms with E-state index >= 15 is 0 Å². The Morgan fingerprint density at radius 3 is 2.79 bits per heavy atom. The number of thiazole rings is 1. The van der Waals surface area contributed by atoms with E-state index in [1.165, 1.54) is 31.5 Å². The molecule has 1 N–H and O–H groups in total. The number of fused-ring (bicyclic) bond motifs is 2. The average molecular weight is 340 g/mol. The predicted octanol–water partition coefficient (Wildman–Crippen LogP) is 3.07. The van der Waals surface area contributed by atoms with Crippen LogP contribution in [0.3, 0.4) is 0 Å². The monoisotopic (exact) mass is 340 g/mol. The Balaban J connectivity index is 1.29. The molecule has 1 aromatic carbocycles. The second kappa shape index (κ2) is 5.57. The van der Waals surface area contributed by atoms with Crippen molar-refractivity contribution in [2.45, 2.75) is 18.4 Å². The second-order valence-electron chi connectivity index (χ2n) is 6.86. The molecule has 4 aliphatic rings. The zero-order valence-electron chi connectivity index (χ0n) is 13.4. The summed E-state index contributed by atoms with van der Waals surface area (Å²) < 4.78 is 6.31. The van der Waals surface area contributed by atoms with E-state index < -0.39 is 0 Å². The molecule has 2 bridgehead atoms. The van der Waals surface area contributed by atoms with E-state index in [0.29, 0.717) is 11.9 Å². The van der Waals surface area contributed by atoms with Crippen LogP contribution in [0.4, 0.5) is 5.13 Å². The highest BCUT2D eigenvalue weighted by Gasteiger charge is 2.51. The van der Waals surface area contributed by atoms with Crippen LogP contribution in [-0.4, -0.2) is 47.7 Å². The number of aromatic nitrogens is 1. The van der Waals surface area contributed by atoms with Crippen LogP contribution >= 0.6 is 11.3 Å². The van der Waals surface area contributed by atoms with Crippen molar-refractivity contribution in [1.82, 2.24) is 9.88 Å². The van der Waals surface area contributed by atoms with E-state index in [4.69, 9.17) is 4.74 Å². The molecule has 0 saturated carbocycles. The van der Waals surface area contributed by atoms with Crippen molar-refractivity contribution >= 4 is 22.5 Å². The molecule has 2 aromatic rings. The van der Waals surface area contributed by atoms with Crippen molar-refractivity contribution < 1.29 is 4.74 Å². The summed E-state index contributed by atoms with van der Waals surface area (Å²) in [7, 11) is 0. The molecule has 24 heavy (non-hydrogen) atoms. The van der Waals surface area contributed by atoms with E-state index in [1.54, 1.807) is 11.3 Å². The normalized spacial score (nSPS) is 31.1. The number of ether oxygens (including phenoxy) is 1. The van der Waals surface area contributed by atoms with Gasteiger partial charge in [0.05, 0.1) is 11.4 Å². The van der Waals surface area contributed by atoms with Crippen LogP contribution in [0.1, 0.15) is 12.8 Å². The van der Waals surface area contributed by atoms with Gasteiger partial charge in [0.15, 0.2) is 5.13 Å². The van der Waals surface area contributed by atoms with Gasteiger partial charge < -0.3 is 4.74 Å². The Labute approximate surface area is 145 Å². The fourth-order valence-electron chi connectivity index (χ4n) is 4.11. The van der Waals surface area contributed by atoms with Crippen LogP contribution in [0.15, 0.2) is 41.5 Å². The number of benzene rings is 1. The third kappa shape index (κ3) is 2.41. The van der Waals surface area contributed by atoms with Gasteiger partial charge in [0.2, 0.25) is 0 Å². The number of nitrogens with zero attached hydrogens (tertiary/aromatic N) is 3. The first-order chi connectivity index (χ1) is 11.8. The maximum atomic E-state index is 6.31. The van der Waals surface area contributed by atoms with Crippen LogP contribution < -0.4 is 5.32 Å². The summed E-state index contributed by atoms with van der Waals surface area (Å²) in [5.74, 6) is 0.640. The molecule has 1 atom stereocenters. The quantitative estimate of drug-likeness (QED) is 0.913. The Hall–Kier alpha value is -1.92. The standard InChI is InChI=1S/C18H20N4OS/c1-2-4-13(5-3-1)15-10-19-17(24-15)21-16-20-11-18(23-16)12-22-8-6-14(18)7-9-22/h1-5,10,14H,6-9,11-12H2,(H,19,20,21)/t18-/m0/s1. The Bertz CT molecular complexity index is 766. The Kier molecular flexibility index (Phi) is 3.35. The molecule has 4 aliphatic heterocycles. The summed E-state index contributed by atoms with van der Waals surface area (Å²) in [6.45, 7) is 4.21. The van der Waals surface area contributed by atoms with Crippen molar-refractivity contribution in [3.8, 4) is 10.4 Å². The lowest BCUT2D eigenvalue weighted by atomic mass is 9.75. The molecule has 0 amide bonds. The van der Waals surface area contributed by atoms with Crippen molar-refractivity contribution in [3.63, 3.8) is 0 Å². The highest BCUT2D eigenvalue weighted by atomic mass is 32.1. The number of aliphatic imine (C=N–C) groups is 1. The fraction of sp³-hybridized carbons (Fsp3) is 0.444. The Morgan fingerprint density at radius 1 is 1.21 bits per heavy atom. The predicted molar refractivity (Wildman–Crippen MR) is 96.5 cm³/mol. The van der Waals surface area contributed by atoms with Gasteiger partial charge in [-0.05, 0) is 31.5 Å². The minimum atomic E-state index is -0.0989. The third-order valence-electron chi connectivity index (χ3n) is 5.39. The van der Waals surface area contributed by atoms with Crippen LogP contribution in [0.2, 0.25) is 0 Å². The minimum Gasteiger partial charge on any atom is -0.455 e. The third-order valence-corrected chi connectivity index (χ3v) is 6.35. The van der Waals surface area contributed by atoms with Gasteiger partial charge in [0, 0.05) is 18.7 Å². The number of amidine groups is 1. The van der Waals surface area contributed by atoms with E-state index in [-0.39, 0.29) is 5.60 Å². The molecule has 6 heteroatoms. The molecule has 6 rings (SSSR count). The van der Waals surface area contributed by atoms with Gasteiger partial charge in [-0.3, -0.25) is 10.2 Å². The lowest BCUT2D eigenvalue weighted by Crippen LogP contribution is -2.61. The molecular weight excluding hydrogens is 320 g/mol. The molecule has 0 unspecified atom stereocenters. The van der Waals surface area contributed by atoms with Crippen LogP contribution in [0.25, 0.3) is 10.4 Å². The Morgan fingerprint density at radius 2 is 2.04 bits per heavy atom. The van der Waals surface area contributed by atoms with Gasteiger partial charge in [0.25, 0.3) is 6.02 Å². The van der Waals surface area contributed by atoms with Gasteiger partial charge in [-0.1, -0.05) is 41.7 Å². The summed E-state index contributed by atoms with van der Waals surface area (Å²) in [5, 5.41) is 4.12. The summed E-state index contributed by atoms with van der Waals surface area (Å²) >= 11 is 1.63. The fourth-order valence-corrected chi connectivity index (χ4v) is 4.92. The molecule has 5 heterocycles. The molecule has 1 aromatic heterocycles. The van der Waals surface area contributed by atoms with Crippen molar-refractivity contribution in [3.05, 3.63) is 36.5 Å². The number of hydrogen-bond acceptors (Lipinski definition) is 6. The first-order valence-corrected chi connectivity index (χ1v) is 9.36. The van der Waals surface area contributed by atoms with Crippen LogP contribution in [0, 0.1) is 5.92 Å². The first kappa shape index (κ1) is 14.4. The molecule has 3 fully saturated rings.